The van der Waals surface area contributed by atoms with Crippen LogP contribution in [0.3, 0.4) is 0 Å². The Labute approximate surface area is 170 Å². The van der Waals surface area contributed by atoms with Gasteiger partial charge in [-0.1, -0.05) is 35.9 Å². The van der Waals surface area contributed by atoms with E-state index >= 15 is 0 Å². The summed E-state index contributed by atoms with van der Waals surface area (Å²) in [5, 5.41) is 0. The second-order valence-electron chi connectivity index (χ2n) is 9.42. The molecule has 0 saturated carbocycles. The summed E-state index contributed by atoms with van der Waals surface area (Å²) in [7, 11) is 0. The fourth-order valence-electron chi connectivity index (χ4n) is 5.31. The second-order valence-corrected chi connectivity index (χ2v) is 9.42. The molecule has 150 valence electrons. The van der Waals surface area contributed by atoms with Crippen molar-refractivity contribution >= 4 is 0 Å². The molecule has 0 amide bonds. The van der Waals surface area contributed by atoms with Gasteiger partial charge in [0.1, 0.15) is 0 Å². The topological polar surface area (TPSA) is 12.5 Å². The van der Waals surface area contributed by atoms with E-state index in [1.807, 2.05) is 0 Å². The van der Waals surface area contributed by atoms with E-state index in [4.69, 9.17) is 4.74 Å². The van der Waals surface area contributed by atoms with Crippen molar-refractivity contribution in [2.45, 2.75) is 71.9 Å². The molecule has 4 rings (SSSR count). The molecule has 0 radical (unpaired) electrons. The lowest BCUT2D eigenvalue weighted by atomic mass is 9.82. The van der Waals surface area contributed by atoms with Crippen LogP contribution in [0.2, 0.25) is 0 Å². The fourth-order valence-corrected chi connectivity index (χ4v) is 5.31. The van der Waals surface area contributed by atoms with Crippen LogP contribution in [0, 0.1) is 34.6 Å². The summed E-state index contributed by atoms with van der Waals surface area (Å²) in [6, 6.07) is 11.6. The molecule has 0 bridgehead atoms. The average molecular weight is 378 g/mol. The van der Waals surface area contributed by atoms with Gasteiger partial charge in [0.25, 0.3) is 0 Å². The summed E-state index contributed by atoms with van der Waals surface area (Å²) in [5.41, 5.74) is 10.0. The van der Waals surface area contributed by atoms with E-state index in [2.05, 4.69) is 69.9 Å². The summed E-state index contributed by atoms with van der Waals surface area (Å²) in [6.45, 7) is 15.3. The van der Waals surface area contributed by atoms with Crippen LogP contribution < -0.4 is 0 Å². The first-order valence-corrected chi connectivity index (χ1v) is 10.9. The van der Waals surface area contributed by atoms with Gasteiger partial charge in [-0.3, -0.25) is 4.90 Å². The second kappa shape index (κ2) is 7.65. The van der Waals surface area contributed by atoms with Gasteiger partial charge in [0.15, 0.2) is 0 Å². The standard InChI is InChI=1S/C26H35NO/c1-18-11-21(4)22(5)25(12-18)24-14-26(28-16-24)9-6-10-27(17-26)15-23-8-7-19(2)20(3)13-23/h7-8,11-13,24H,6,9-10,14-17H2,1-5H3. The number of likely N-dealkylation sites (tertiary alicyclic amines) is 1. The van der Waals surface area contributed by atoms with Crippen molar-refractivity contribution in [1.29, 1.82) is 0 Å². The maximum Gasteiger partial charge on any atom is 0.0816 e. The van der Waals surface area contributed by atoms with E-state index in [0.29, 0.717) is 5.92 Å². The van der Waals surface area contributed by atoms with Crippen LogP contribution in [0.5, 0.6) is 0 Å². The molecule has 2 fully saturated rings. The first-order valence-electron chi connectivity index (χ1n) is 10.9. The van der Waals surface area contributed by atoms with Gasteiger partial charge in [-0.25, -0.2) is 0 Å². The van der Waals surface area contributed by atoms with Gasteiger partial charge in [0.05, 0.1) is 12.2 Å². The lowest BCUT2D eigenvalue weighted by Gasteiger charge is -2.40. The zero-order chi connectivity index (χ0) is 19.9. The predicted octanol–water partition coefficient (Wildman–Crippen LogP) is 5.77. The molecule has 28 heavy (non-hydrogen) atoms. The average Bonchev–Trinajstić information content (AvgIpc) is 3.04. The number of ether oxygens (including phenoxy) is 1. The van der Waals surface area contributed by atoms with Crippen LogP contribution >= 0.6 is 0 Å². The van der Waals surface area contributed by atoms with E-state index in [9.17, 15) is 0 Å². The molecule has 2 aliphatic rings. The van der Waals surface area contributed by atoms with Gasteiger partial charge in [-0.15, -0.1) is 0 Å². The highest BCUT2D eigenvalue weighted by atomic mass is 16.5. The van der Waals surface area contributed by atoms with E-state index < -0.39 is 0 Å². The molecule has 2 aromatic rings. The Morgan fingerprint density at radius 3 is 2.61 bits per heavy atom. The highest BCUT2D eigenvalue weighted by Gasteiger charge is 2.44. The largest absolute Gasteiger partial charge is 0.373 e. The maximum absolute atomic E-state index is 6.55. The molecule has 2 heterocycles. The minimum atomic E-state index is 0.0484. The molecule has 2 nitrogen and oxygen atoms in total. The van der Waals surface area contributed by atoms with Crippen molar-refractivity contribution < 1.29 is 4.74 Å². The number of benzene rings is 2. The van der Waals surface area contributed by atoms with Crippen molar-refractivity contribution in [1.82, 2.24) is 4.90 Å². The fraction of sp³-hybridized carbons (Fsp3) is 0.538. The number of aryl methyl sites for hydroxylation is 4. The van der Waals surface area contributed by atoms with E-state index in [-0.39, 0.29) is 5.60 Å². The Bertz CT molecular complexity index is 871. The summed E-state index contributed by atoms with van der Waals surface area (Å²) in [5.74, 6) is 0.542. The molecule has 2 heteroatoms. The van der Waals surface area contributed by atoms with Gasteiger partial charge in [-0.2, -0.15) is 0 Å². The molecule has 0 N–H and O–H groups in total. The summed E-state index contributed by atoms with van der Waals surface area (Å²) in [6.07, 6.45) is 3.61. The Hall–Kier alpha value is -1.64. The third kappa shape index (κ3) is 3.90. The van der Waals surface area contributed by atoms with Crippen molar-refractivity contribution in [3.8, 4) is 0 Å². The first kappa shape index (κ1) is 19.7. The Morgan fingerprint density at radius 1 is 1.00 bits per heavy atom. The van der Waals surface area contributed by atoms with Crippen LogP contribution in [0.1, 0.15) is 64.1 Å². The van der Waals surface area contributed by atoms with Gasteiger partial charge in [0.2, 0.25) is 0 Å². The SMILES string of the molecule is Cc1cc(C)c(C)c(C2COC3(CCCN(Cc4ccc(C)c(C)c4)C3)C2)c1. The first-order chi connectivity index (χ1) is 13.3. The van der Waals surface area contributed by atoms with E-state index in [0.717, 1.165) is 19.7 Å². The van der Waals surface area contributed by atoms with Crippen LogP contribution in [0.4, 0.5) is 0 Å². The van der Waals surface area contributed by atoms with E-state index in [1.165, 1.54) is 64.8 Å². The normalized spacial score (nSPS) is 25.5. The Morgan fingerprint density at radius 2 is 1.82 bits per heavy atom. The highest BCUT2D eigenvalue weighted by Crippen LogP contribution is 2.43. The maximum atomic E-state index is 6.55. The van der Waals surface area contributed by atoms with Gasteiger partial charge in [-0.05, 0) is 93.8 Å². The third-order valence-corrected chi connectivity index (χ3v) is 7.10. The highest BCUT2D eigenvalue weighted by molar-refractivity contribution is 5.40. The molecular formula is C26H35NO. The van der Waals surface area contributed by atoms with Crippen LogP contribution in [0.15, 0.2) is 30.3 Å². The molecule has 1 spiro atoms. The number of hydrogen-bond donors (Lipinski definition) is 0. The molecular weight excluding hydrogens is 342 g/mol. The van der Waals surface area contributed by atoms with Gasteiger partial charge < -0.3 is 4.74 Å². The molecule has 0 aromatic heterocycles. The lowest BCUT2D eigenvalue weighted by molar-refractivity contribution is -0.0533. The molecule has 0 aliphatic carbocycles. The summed E-state index contributed by atoms with van der Waals surface area (Å²) < 4.78 is 6.55. The molecule has 2 saturated heterocycles. The van der Waals surface area contributed by atoms with Crippen LogP contribution in [-0.4, -0.2) is 30.2 Å². The number of hydrogen-bond acceptors (Lipinski definition) is 2. The van der Waals surface area contributed by atoms with Crippen LogP contribution in [0.25, 0.3) is 0 Å². The lowest BCUT2D eigenvalue weighted by Crippen LogP contribution is -2.47. The zero-order valence-corrected chi connectivity index (χ0v) is 18.3. The number of rotatable bonds is 3. The zero-order valence-electron chi connectivity index (χ0n) is 18.3. The predicted molar refractivity (Wildman–Crippen MR) is 117 cm³/mol. The monoisotopic (exact) mass is 377 g/mol. The minimum absolute atomic E-state index is 0.0484. The van der Waals surface area contributed by atoms with E-state index in [1.54, 1.807) is 0 Å². The smallest absolute Gasteiger partial charge is 0.0816 e. The minimum Gasteiger partial charge on any atom is -0.373 e. The van der Waals surface area contributed by atoms with Crippen LogP contribution in [-0.2, 0) is 11.3 Å². The number of piperidine rings is 1. The quantitative estimate of drug-likeness (QED) is 0.673. The molecule has 2 aliphatic heterocycles. The summed E-state index contributed by atoms with van der Waals surface area (Å²) >= 11 is 0. The van der Waals surface area contributed by atoms with Gasteiger partial charge >= 0.3 is 0 Å². The molecule has 2 unspecified atom stereocenters. The third-order valence-electron chi connectivity index (χ3n) is 7.10. The van der Waals surface area contributed by atoms with Crippen molar-refractivity contribution in [3.63, 3.8) is 0 Å². The molecule has 2 atom stereocenters. The van der Waals surface area contributed by atoms with Crippen molar-refractivity contribution in [2.24, 2.45) is 0 Å². The van der Waals surface area contributed by atoms with Crippen molar-refractivity contribution in [2.75, 3.05) is 19.7 Å². The number of nitrogens with zero attached hydrogens (tertiary/aromatic N) is 1. The van der Waals surface area contributed by atoms with Gasteiger partial charge in [0, 0.05) is 19.0 Å². The Balaban J connectivity index is 1.48. The Kier molecular flexibility index (Phi) is 5.37. The van der Waals surface area contributed by atoms with Crippen molar-refractivity contribution in [3.05, 3.63) is 69.3 Å². The summed E-state index contributed by atoms with van der Waals surface area (Å²) in [4.78, 5) is 2.62. The molecule has 2 aromatic carbocycles.